The molecule has 1 aromatic heterocycles. The molecule has 0 radical (unpaired) electrons. The molecule has 0 spiro atoms. The maximum Gasteiger partial charge on any atom is 0.129 e. The summed E-state index contributed by atoms with van der Waals surface area (Å²) in [5.41, 5.74) is 6.47. The largest absolute Gasteiger partial charge is 0.365 e. The SMILES string of the molecule is Cc1cc(NC(C)(C)CCN)ncn1. The summed E-state index contributed by atoms with van der Waals surface area (Å²) in [5, 5.41) is 3.33. The van der Waals surface area contributed by atoms with E-state index in [0.29, 0.717) is 6.54 Å². The van der Waals surface area contributed by atoms with Crippen LogP contribution in [0.15, 0.2) is 12.4 Å². The van der Waals surface area contributed by atoms with Gasteiger partial charge in [0.2, 0.25) is 0 Å². The van der Waals surface area contributed by atoms with Gasteiger partial charge in [0.25, 0.3) is 0 Å². The highest BCUT2D eigenvalue weighted by Gasteiger charge is 2.16. The fourth-order valence-electron chi connectivity index (χ4n) is 1.29. The average molecular weight is 194 g/mol. The van der Waals surface area contributed by atoms with Crippen LogP contribution >= 0.6 is 0 Å². The molecule has 0 unspecified atom stereocenters. The lowest BCUT2D eigenvalue weighted by atomic mass is 10.0. The van der Waals surface area contributed by atoms with Crippen LogP contribution in [0, 0.1) is 6.92 Å². The Hall–Kier alpha value is -1.16. The van der Waals surface area contributed by atoms with Crippen LogP contribution < -0.4 is 11.1 Å². The number of hydrogen-bond acceptors (Lipinski definition) is 4. The molecule has 1 aromatic rings. The molecule has 0 amide bonds. The molecule has 14 heavy (non-hydrogen) atoms. The summed E-state index contributed by atoms with van der Waals surface area (Å²) >= 11 is 0. The van der Waals surface area contributed by atoms with Gasteiger partial charge in [0.15, 0.2) is 0 Å². The van der Waals surface area contributed by atoms with Gasteiger partial charge in [-0.2, -0.15) is 0 Å². The molecule has 0 saturated carbocycles. The predicted octanol–water partition coefficient (Wildman–Crippen LogP) is 1.32. The van der Waals surface area contributed by atoms with Crippen molar-refractivity contribution >= 4 is 5.82 Å². The summed E-state index contributed by atoms with van der Waals surface area (Å²) in [7, 11) is 0. The third-order valence-corrected chi connectivity index (χ3v) is 2.04. The molecule has 3 N–H and O–H groups in total. The topological polar surface area (TPSA) is 63.8 Å². The Morgan fingerprint density at radius 2 is 2.14 bits per heavy atom. The lowest BCUT2D eigenvalue weighted by Gasteiger charge is -2.26. The molecular formula is C10H18N4. The number of nitrogens with one attached hydrogen (secondary N) is 1. The first-order chi connectivity index (χ1) is 6.53. The van der Waals surface area contributed by atoms with Gasteiger partial charge in [-0.3, -0.25) is 0 Å². The molecule has 1 heterocycles. The number of hydrogen-bond donors (Lipinski definition) is 2. The maximum absolute atomic E-state index is 5.53. The van der Waals surface area contributed by atoms with E-state index in [-0.39, 0.29) is 5.54 Å². The summed E-state index contributed by atoms with van der Waals surface area (Å²) in [6.45, 7) is 6.83. The summed E-state index contributed by atoms with van der Waals surface area (Å²) < 4.78 is 0. The molecular weight excluding hydrogens is 176 g/mol. The Kier molecular flexibility index (Phi) is 3.41. The van der Waals surface area contributed by atoms with Gasteiger partial charge in [-0.15, -0.1) is 0 Å². The van der Waals surface area contributed by atoms with Gasteiger partial charge in [-0.05, 0) is 33.7 Å². The number of aryl methyl sites for hydroxylation is 1. The van der Waals surface area contributed by atoms with Crippen LogP contribution in [-0.4, -0.2) is 22.1 Å². The third-order valence-electron chi connectivity index (χ3n) is 2.04. The molecule has 0 bridgehead atoms. The van der Waals surface area contributed by atoms with E-state index >= 15 is 0 Å². The monoisotopic (exact) mass is 194 g/mol. The summed E-state index contributed by atoms with van der Waals surface area (Å²) in [6.07, 6.45) is 2.48. The first kappa shape index (κ1) is 10.9. The molecule has 0 aliphatic rings. The molecule has 0 atom stereocenters. The third kappa shape index (κ3) is 3.30. The van der Waals surface area contributed by atoms with Crippen LogP contribution in [0.3, 0.4) is 0 Å². The van der Waals surface area contributed by atoms with E-state index in [1.807, 2.05) is 13.0 Å². The zero-order valence-electron chi connectivity index (χ0n) is 9.04. The predicted molar refractivity (Wildman–Crippen MR) is 58.1 cm³/mol. The Balaban J connectivity index is 2.68. The Morgan fingerprint density at radius 3 is 2.71 bits per heavy atom. The number of rotatable bonds is 4. The van der Waals surface area contributed by atoms with Crippen molar-refractivity contribution in [2.75, 3.05) is 11.9 Å². The lowest BCUT2D eigenvalue weighted by Crippen LogP contribution is -2.33. The minimum Gasteiger partial charge on any atom is -0.365 e. The van der Waals surface area contributed by atoms with Crippen LogP contribution in [0.2, 0.25) is 0 Å². The smallest absolute Gasteiger partial charge is 0.129 e. The Labute approximate surface area is 85.0 Å². The van der Waals surface area contributed by atoms with Gasteiger partial charge < -0.3 is 11.1 Å². The zero-order valence-corrected chi connectivity index (χ0v) is 9.04. The summed E-state index contributed by atoms with van der Waals surface area (Å²) in [5.74, 6) is 0.857. The maximum atomic E-state index is 5.53. The molecule has 0 saturated heterocycles. The number of aromatic nitrogens is 2. The first-order valence-electron chi connectivity index (χ1n) is 4.80. The van der Waals surface area contributed by atoms with Crippen molar-refractivity contribution in [3.8, 4) is 0 Å². The van der Waals surface area contributed by atoms with Crippen molar-refractivity contribution < 1.29 is 0 Å². The van der Waals surface area contributed by atoms with E-state index in [0.717, 1.165) is 17.9 Å². The summed E-state index contributed by atoms with van der Waals surface area (Å²) in [4.78, 5) is 8.18. The fraction of sp³-hybridized carbons (Fsp3) is 0.600. The van der Waals surface area contributed by atoms with Gasteiger partial charge in [-0.1, -0.05) is 0 Å². The van der Waals surface area contributed by atoms with Crippen LogP contribution in [0.5, 0.6) is 0 Å². The zero-order chi connectivity index (χ0) is 10.6. The number of anilines is 1. The minimum absolute atomic E-state index is 0.0183. The molecule has 78 valence electrons. The van der Waals surface area contributed by atoms with Gasteiger partial charge in [-0.25, -0.2) is 9.97 Å². The molecule has 0 aliphatic heterocycles. The standard InChI is InChI=1S/C10H18N4/c1-8-6-9(13-7-12-8)14-10(2,3)4-5-11/h6-7H,4-5,11H2,1-3H3,(H,12,13,14). The average Bonchev–Trinajstić information content (AvgIpc) is 2.02. The Morgan fingerprint density at radius 1 is 1.43 bits per heavy atom. The van der Waals surface area contributed by atoms with Gasteiger partial charge in [0, 0.05) is 17.3 Å². The molecule has 4 heteroatoms. The quantitative estimate of drug-likeness (QED) is 0.759. The lowest BCUT2D eigenvalue weighted by molar-refractivity contribution is 0.524. The van der Waals surface area contributed by atoms with Crippen LogP contribution in [-0.2, 0) is 0 Å². The molecule has 0 aromatic carbocycles. The van der Waals surface area contributed by atoms with Crippen molar-refractivity contribution in [3.63, 3.8) is 0 Å². The van der Waals surface area contributed by atoms with Crippen molar-refractivity contribution in [1.29, 1.82) is 0 Å². The molecule has 0 aliphatic carbocycles. The fourth-order valence-corrected chi connectivity index (χ4v) is 1.29. The summed E-state index contributed by atoms with van der Waals surface area (Å²) in [6, 6.07) is 1.93. The van der Waals surface area contributed by atoms with E-state index < -0.39 is 0 Å². The van der Waals surface area contributed by atoms with Crippen molar-refractivity contribution in [1.82, 2.24) is 9.97 Å². The minimum atomic E-state index is -0.0183. The van der Waals surface area contributed by atoms with E-state index in [2.05, 4.69) is 29.1 Å². The highest BCUT2D eigenvalue weighted by atomic mass is 15.1. The van der Waals surface area contributed by atoms with Crippen molar-refractivity contribution in [2.24, 2.45) is 5.73 Å². The number of nitrogens with two attached hydrogens (primary N) is 1. The van der Waals surface area contributed by atoms with E-state index in [9.17, 15) is 0 Å². The van der Waals surface area contributed by atoms with Crippen LogP contribution in [0.4, 0.5) is 5.82 Å². The molecule has 1 rings (SSSR count). The van der Waals surface area contributed by atoms with Gasteiger partial charge in [0.05, 0.1) is 0 Å². The highest BCUT2D eigenvalue weighted by molar-refractivity contribution is 5.37. The second-order valence-corrected chi connectivity index (χ2v) is 4.09. The van der Waals surface area contributed by atoms with E-state index in [1.54, 1.807) is 6.33 Å². The molecule has 0 fully saturated rings. The van der Waals surface area contributed by atoms with Crippen LogP contribution in [0.1, 0.15) is 26.0 Å². The Bertz CT molecular complexity index is 296. The van der Waals surface area contributed by atoms with E-state index in [1.165, 1.54) is 0 Å². The van der Waals surface area contributed by atoms with E-state index in [4.69, 9.17) is 5.73 Å². The number of nitrogens with zero attached hydrogens (tertiary/aromatic N) is 2. The second-order valence-electron chi connectivity index (χ2n) is 4.09. The van der Waals surface area contributed by atoms with Crippen LogP contribution in [0.25, 0.3) is 0 Å². The van der Waals surface area contributed by atoms with Crippen molar-refractivity contribution in [2.45, 2.75) is 32.7 Å². The normalized spacial score (nSPS) is 11.4. The van der Waals surface area contributed by atoms with Crippen molar-refractivity contribution in [3.05, 3.63) is 18.1 Å². The van der Waals surface area contributed by atoms with Gasteiger partial charge in [0.1, 0.15) is 12.1 Å². The van der Waals surface area contributed by atoms with Gasteiger partial charge >= 0.3 is 0 Å². The second kappa shape index (κ2) is 4.37. The highest BCUT2D eigenvalue weighted by Crippen LogP contribution is 2.15. The molecule has 4 nitrogen and oxygen atoms in total. The first-order valence-corrected chi connectivity index (χ1v) is 4.80.